The van der Waals surface area contributed by atoms with Gasteiger partial charge in [-0.2, -0.15) is 0 Å². The normalized spacial score (nSPS) is 12.0. The number of amides is 1. The van der Waals surface area contributed by atoms with Crippen LogP contribution in [0.25, 0.3) is 0 Å². The molecule has 12 heavy (non-hydrogen) atoms. The first-order valence-electron chi connectivity index (χ1n) is 4.07. The van der Waals surface area contributed by atoms with Gasteiger partial charge >= 0.3 is 0 Å². The van der Waals surface area contributed by atoms with Crippen LogP contribution in [0.15, 0.2) is 12.2 Å². The van der Waals surface area contributed by atoms with Crippen molar-refractivity contribution in [3.8, 4) is 0 Å². The van der Waals surface area contributed by atoms with Crippen LogP contribution < -0.4 is 5.32 Å². The fourth-order valence-electron chi connectivity index (χ4n) is 0.646. The van der Waals surface area contributed by atoms with Crippen molar-refractivity contribution in [1.82, 2.24) is 5.32 Å². The third kappa shape index (κ3) is 5.35. The molecule has 70 valence electrons. The molecule has 0 fully saturated rings. The molecule has 0 aromatic carbocycles. The lowest BCUT2D eigenvalue weighted by atomic mass is 10.2. The van der Waals surface area contributed by atoms with Gasteiger partial charge in [-0.1, -0.05) is 28.1 Å². The van der Waals surface area contributed by atoms with Crippen molar-refractivity contribution < 1.29 is 4.79 Å². The number of alkyl halides is 1. The Bertz CT molecular complexity index is 170. The van der Waals surface area contributed by atoms with Crippen LogP contribution in [0.3, 0.4) is 0 Å². The van der Waals surface area contributed by atoms with Gasteiger partial charge in [0.2, 0.25) is 5.91 Å². The van der Waals surface area contributed by atoms with Gasteiger partial charge in [0, 0.05) is 6.54 Å². The summed E-state index contributed by atoms with van der Waals surface area (Å²) in [6.45, 7) is 6.34. The molecular weight excluding hydrogens is 218 g/mol. The Morgan fingerprint density at radius 1 is 1.58 bits per heavy atom. The van der Waals surface area contributed by atoms with Crippen LogP contribution in [0.2, 0.25) is 0 Å². The number of nitrogens with one attached hydrogen (secondary N) is 1. The smallest absolute Gasteiger partial charge is 0.236 e. The van der Waals surface area contributed by atoms with Gasteiger partial charge in [0.25, 0.3) is 0 Å². The number of allylic oxidation sites excluding steroid dienone is 1. The Labute approximate surface area is 82.5 Å². The topological polar surface area (TPSA) is 29.1 Å². The maximum Gasteiger partial charge on any atom is 0.236 e. The summed E-state index contributed by atoms with van der Waals surface area (Å²) in [6.07, 6.45) is 4.90. The second kappa shape index (κ2) is 5.36. The van der Waals surface area contributed by atoms with Gasteiger partial charge in [0.05, 0.1) is 4.32 Å². The highest BCUT2D eigenvalue weighted by atomic mass is 79.9. The number of halogens is 1. The Morgan fingerprint density at radius 2 is 2.17 bits per heavy atom. The van der Waals surface area contributed by atoms with Crippen molar-refractivity contribution in [1.29, 1.82) is 0 Å². The summed E-state index contributed by atoms with van der Waals surface area (Å²) in [7, 11) is 0. The summed E-state index contributed by atoms with van der Waals surface area (Å²) in [5.41, 5.74) is 0. The third-order valence-corrected chi connectivity index (χ3v) is 1.73. The molecule has 0 rings (SSSR count). The molecule has 0 aliphatic carbocycles. The Kier molecular flexibility index (Phi) is 5.22. The van der Waals surface area contributed by atoms with Crippen LogP contribution in [-0.2, 0) is 4.79 Å². The molecule has 0 spiro atoms. The lowest BCUT2D eigenvalue weighted by molar-refractivity contribution is -0.122. The molecule has 0 unspecified atom stereocenters. The molecule has 0 bridgehead atoms. The standard InChI is InChI=1S/C9H16BrNO/c1-4-5-6-7-11-8(12)9(2,3)10/h4-5H,6-7H2,1-3H3,(H,11,12)/b5-4+. The van der Waals surface area contributed by atoms with E-state index in [1.165, 1.54) is 0 Å². The minimum Gasteiger partial charge on any atom is -0.355 e. The predicted octanol–water partition coefficient (Wildman–Crippen LogP) is 2.24. The molecule has 0 aliphatic rings. The Balaban J connectivity index is 3.59. The predicted molar refractivity (Wildman–Crippen MR) is 55.4 cm³/mol. The molecule has 2 nitrogen and oxygen atoms in total. The van der Waals surface area contributed by atoms with Crippen LogP contribution in [-0.4, -0.2) is 16.8 Å². The van der Waals surface area contributed by atoms with E-state index in [4.69, 9.17) is 0 Å². The van der Waals surface area contributed by atoms with Gasteiger partial charge < -0.3 is 5.32 Å². The largest absolute Gasteiger partial charge is 0.355 e. The zero-order valence-electron chi connectivity index (χ0n) is 7.86. The minimum atomic E-state index is -0.455. The highest BCUT2D eigenvalue weighted by Gasteiger charge is 2.22. The van der Waals surface area contributed by atoms with Gasteiger partial charge in [-0.3, -0.25) is 4.79 Å². The highest BCUT2D eigenvalue weighted by Crippen LogP contribution is 2.14. The fraction of sp³-hybridized carbons (Fsp3) is 0.667. The Morgan fingerprint density at radius 3 is 2.58 bits per heavy atom. The highest BCUT2D eigenvalue weighted by molar-refractivity contribution is 9.10. The lowest BCUT2D eigenvalue weighted by Gasteiger charge is -2.14. The van der Waals surface area contributed by atoms with E-state index in [1.54, 1.807) is 0 Å². The van der Waals surface area contributed by atoms with Gasteiger partial charge in [0.15, 0.2) is 0 Å². The van der Waals surface area contributed by atoms with Crippen molar-refractivity contribution in [3.05, 3.63) is 12.2 Å². The van der Waals surface area contributed by atoms with Crippen molar-refractivity contribution in [2.45, 2.75) is 31.5 Å². The summed E-state index contributed by atoms with van der Waals surface area (Å²) in [5.74, 6) is 0.0343. The van der Waals surface area contributed by atoms with E-state index in [9.17, 15) is 4.79 Å². The molecule has 0 saturated heterocycles. The first-order valence-corrected chi connectivity index (χ1v) is 4.86. The van der Waals surface area contributed by atoms with E-state index in [-0.39, 0.29) is 5.91 Å². The number of carbonyl (C=O) groups excluding carboxylic acids is 1. The van der Waals surface area contributed by atoms with Crippen molar-refractivity contribution in [2.75, 3.05) is 6.54 Å². The second-order valence-electron chi connectivity index (χ2n) is 3.09. The zero-order chi connectivity index (χ0) is 9.61. The maximum absolute atomic E-state index is 11.2. The third-order valence-electron chi connectivity index (χ3n) is 1.37. The van der Waals surface area contributed by atoms with Crippen LogP contribution >= 0.6 is 15.9 Å². The number of rotatable bonds is 4. The molecule has 0 aromatic rings. The first-order chi connectivity index (χ1) is 5.48. The van der Waals surface area contributed by atoms with E-state index in [0.717, 1.165) is 6.42 Å². The maximum atomic E-state index is 11.2. The monoisotopic (exact) mass is 233 g/mol. The molecule has 0 radical (unpaired) electrons. The van der Waals surface area contributed by atoms with Crippen molar-refractivity contribution >= 4 is 21.8 Å². The second-order valence-corrected chi connectivity index (χ2v) is 5.07. The fourth-order valence-corrected chi connectivity index (χ4v) is 0.786. The summed E-state index contributed by atoms with van der Waals surface area (Å²) in [4.78, 5) is 11.2. The van der Waals surface area contributed by atoms with Gasteiger partial charge in [0.1, 0.15) is 0 Å². The number of hydrogen-bond donors (Lipinski definition) is 1. The first kappa shape index (κ1) is 11.7. The van der Waals surface area contributed by atoms with Gasteiger partial charge in [-0.25, -0.2) is 0 Å². The van der Waals surface area contributed by atoms with E-state index < -0.39 is 4.32 Å². The average molecular weight is 234 g/mol. The molecule has 1 amide bonds. The SMILES string of the molecule is C/C=C/CCNC(=O)C(C)(C)Br. The van der Waals surface area contributed by atoms with E-state index in [2.05, 4.69) is 21.2 Å². The molecule has 0 aromatic heterocycles. The van der Waals surface area contributed by atoms with Crippen molar-refractivity contribution in [3.63, 3.8) is 0 Å². The van der Waals surface area contributed by atoms with Crippen molar-refractivity contribution in [2.24, 2.45) is 0 Å². The van der Waals surface area contributed by atoms with Crippen LogP contribution in [0.4, 0.5) is 0 Å². The average Bonchev–Trinajstić information content (AvgIpc) is 1.96. The summed E-state index contributed by atoms with van der Waals surface area (Å²) < 4.78 is -0.455. The quantitative estimate of drug-likeness (QED) is 0.451. The summed E-state index contributed by atoms with van der Waals surface area (Å²) in [5, 5.41) is 2.82. The number of carbonyl (C=O) groups is 1. The van der Waals surface area contributed by atoms with Crippen LogP contribution in [0.5, 0.6) is 0 Å². The summed E-state index contributed by atoms with van der Waals surface area (Å²) in [6, 6.07) is 0. The zero-order valence-corrected chi connectivity index (χ0v) is 9.44. The van der Waals surface area contributed by atoms with E-state index in [1.807, 2.05) is 32.9 Å². The molecule has 0 atom stereocenters. The van der Waals surface area contributed by atoms with Crippen LogP contribution in [0.1, 0.15) is 27.2 Å². The van der Waals surface area contributed by atoms with Gasteiger partial charge in [-0.15, -0.1) is 0 Å². The van der Waals surface area contributed by atoms with Gasteiger partial charge in [-0.05, 0) is 27.2 Å². The molecule has 0 saturated carbocycles. The van der Waals surface area contributed by atoms with E-state index in [0.29, 0.717) is 6.54 Å². The van der Waals surface area contributed by atoms with Crippen LogP contribution in [0, 0.1) is 0 Å². The summed E-state index contributed by atoms with van der Waals surface area (Å²) >= 11 is 3.28. The lowest BCUT2D eigenvalue weighted by Crippen LogP contribution is -2.37. The molecule has 0 heterocycles. The minimum absolute atomic E-state index is 0.0343. The Hall–Kier alpha value is -0.310. The molecular formula is C9H16BrNO. The van der Waals surface area contributed by atoms with E-state index >= 15 is 0 Å². The molecule has 3 heteroatoms. The molecule has 0 aliphatic heterocycles. The number of hydrogen-bond acceptors (Lipinski definition) is 1. The molecule has 1 N–H and O–H groups in total.